The number of carbonyl (C=O) groups excluding carboxylic acids is 2. The van der Waals surface area contributed by atoms with Crippen molar-refractivity contribution in [3.05, 3.63) is 0 Å². The van der Waals surface area contributed by atoms with Crippen LogP contribution in [0, 0.1) is 0 Å². The first kappa shape index (κ1) is 16.4. The van der Waals surface area contributed by atoms with Gasteiger partial charge in [-0.05, 0) is 20.3 Å². The van der Waals surface area contributed by atoms with Gasteiger partial charge in [-0.2, -0.15) is 0 Å². The third kappa shape index (κ3) is 5.62. The normalized spacial score (nSPS) is 13.5. The summed E-state index contributed by atoms with van der Waals surface area (Å²) in [6, 6.07) is -0.586. The number of carboxylic acid groups (broad SMARTS) is 1. The molecule has 1 unspecified atom stereocenters. The van der Waals surface area contributed by atoms with Crippen molar-refractivity contribution < 1.29 is 19.5 Å². The Kier molecular flexibility index (Phi) is 6.96. The SMILES string of the molecule is CCCC(C)(NCC(=O)NC(=O)NCC)C(=O)O. The summed E-state index contributed by atoms with van der Waals surface area (Å²) in [7, 11) is 0. The molecule has 0 saturated carbocycles. The molecule has 0 aromatic carbocycles. The number of rotatable bonds is 7. The molecule has 4 N–H and O–H groups in total. The lowest BCUT2D eigenvalue weighted by Crippen LogP contribution is -2.53. The summed E-state index contributed by atoms with van der Waals surface area (Å²) in [5.74, 6) is -1.58. The molecule has 0 aliphatic heterocycles. The van der Waals surface area contributed by atoms with Gasteiger partial charge in [0.25, 0.3) is 0 Å². The topological polar surface area (TPSA) is 108 Å². The summed E-state index contributed by atoms with van der Waals surface area (Å²) in [6.45, 7) is 5.29. The van der Waals surface area contributed by atoms with Crippen molar-refractivity contribution in [1.82, 2.24) is 16.0 Å². The van der Waals surface area contributed by atoms with Gasteiger partial charge in [-0.25, -0.2) is 4.79 Å². The number of amides is 3. The van der Waals surface area contributed by atoms with Gasteiger partial charge in [-0.15, -0.1) is 0 Å². The van der Waals surface area contributed by atoms with Crippen molar-refractivity contribution in [3.8, 4) is 0 Å². The second kappa shape index (κ2) is 7.65. The van der Waals surface area contributed by atoms with Crippen molar-refractivity contribution in [2.75, 3.05) is 13.1 Å². The molecular weight excluding hydrogens is 238 g/mol. The van der Waals surface area contributed by atoms with Crippen LogP contribution < -0.4 is 16.0 Å². The van der Waals surface area contributed by atoms with Crippen LogP contribution in [0.3, 0.4) is 0 Å². The maximum absolute atomic E-state index is 11.4. The van der Waals surface area contributed by atoms with Gasteiger partial charge >= 0.3 is 12.0 Å². The molecule has 0 bridgehead atoms. The minimum Gasteiger partial charge on any atom is -0.480 e. The Bertz CT molecular complexity index is 319. The predicted molar refractivity (Wildman–Crippen MR) is 66.2 cm³/mol. The molecule has 104 valence electrons. The van der Waals surface area contributed by atoms with E-state index in [2.05, 4.69) is 16.0 Å². The minimum atomic E-state index is -1.16. The lowest BCUT2D eigenvalue weighted by atomic mass is 9.96. The number of imide groups is 1. The first-order valence-electron chi connectivity index (χ1n) is 5.91. The Morgan fingerprint density at radius 3 is 2.28 bits per heavy atom. The number of aliphatic carboxylic acids is 1. The highest BCUT2D eigenvalue weighted by Gasteiger charge is 2.32. The van der Waals surface area contributed by atoms with E-state index in [0.717, 1.165) is 0 Å². The van der Waals surface area contributed by atoms with Crippen molar-refractivity contribution >= 4 is 17.9 Å². The van der Waals surface area contributed by atoms with Gasteiger partial charge in [0.2, 0.25) is 5.91 Å². The predicted octanol–water partition coefficient (Wildman–Crippen LogP) is 0.0651. The van der Waals surface area contributed by atoms with E-state index in [-0.39, 0.29) is 6.54 Å². The molecule has 0 aromatic heterocycles. The summed E-state index contributed by atoms with van der Waals surface area (Å²) in [6.07, 6.45) is 1.07. The number of nitrogens with one attached hydrogen (secondary N) is 3. The fourth-order valence-corrected chi connectivity index (χ4v) is 1.42. The fourth-order valence-electron chi connectivity index (χ4n) is 1.42. The molecule has 0 aliphatic carbocycles. The first-order valence-corrected chi connectivity index (χ1v) is 5.91. The molecule has 0 aromatic rings. The fraction of sp³-hybridized carbons (Fsp3) is 0.727. The van der Waals surface area contributed by atoms with Gasteiger partial charge in [0.1, 0.15) is 5.54 Å². The molecule has 7 heteroatoms. The van der Waals surface area contributed by atoms with E-state index < -0.39 is 23.4 Å². The molecular formula is C11H21N3O4. The molecule has 0 saturated heterocycles. The minimum absolute atomic E-state index is 0.222. The van der Waals surface area contributed by atoms with Crippen LogP contribution in [0.5, 0.6) is 0 Å². The number of hydrogen-bond donors (Lipinski definition) is 4. The summed E-state index contributed by atoms with van der Waals surface area (Å²) >= 11 is 0. The Morgan fingerprint density at radius 2 is 1.83 bits per heavy atom. The van der Waals surface area contributed by atoms with Crippen LogP contribution in [0.25, 0.3) is 0 Å². The quantitative estimate of drug-likeness (QED) is 0.517. The van der Waals surface area contributed by atoms with Crippen molar-refractivity contribution in [1.29, 1.82) is 0 Å². The van der Waals surface area contributed by atoms with Gasteiger partial charge in [-0.3, -0.25) is 20.2 Å². The summed E-state index contributed by atoms with van der Waals surface area (Å²) in [4.78, 5) is 33.5. The van der Waals surface area contributed by atoms with Crippen LogP contribution in [0.15, 0.2) is 0 Å². The van der Waals surface area contributed by atoms with E-state index in [9.17, 15) is 14.4 Å². The Hall–Kier alpha value is -1.63. The third-order valence-electron chi connectivity index (χ3n) is 2.45. The van der Waals surface area contributed by atoms with Gasteiger partial charge in [0, 0.05) is 6.54 Å². The second-order valence-electron chi connectivity index (χ2n) is 4.15. The van der Waals surface area contributed by atoms with E-state index >= 15 is 0 Å². The standard InChI is InChI=1S/C11H21N3O4/c1-4-6-11(3,9(16)17)13-7-8(15)14-10(18)12-5-2/h13H,4-7H2,1-3H3,(H,16,17)(H2,12,14,15,18). The molecule has 18 heavy (non-hydrogen) atoms. The van der Waals surface area contributed by atoms with Crippen LogP contribution in [-0.2, 0) is 9.59 Å². The lowest BCUT2D eigenvalue weighted by Gasteiger charge is -2.25. The van der Waals surface area contributed by atoms with E-state index in [4.69, 9.17) is 5.11 Å². The van der Waals surface area contributed by atoms with Crippen LogP contribution in [0.1, 0.15) is 33.6 Å². The highest BCUT2D eigenvalue weighted by Crippen LogP contribution is 2.11. The average molecular weight is 259 g/mol. The molecule has 0 radical (unpaired) electrons. The zero-order valence-corrected chi connectivity index (χ0v) is 11.0. The molecule has 0 aliphatic rings. The maximum atomic E-state index is 11.4. The van der Waals surface area contributed by atoms with Gasteiger partial charge < -0.3 is 10.4 Å². The van der Waals surface area contributed by atoms with Crippen LogP contribution in [0.4, 0.5) is 4.79 Å². The average Bonchev–Trinajstić information content (AvgIpc) is 2.27. The van der Waals surface area contributed by atoms with E-state index in [1.165, 1.54) is 6.92 Å². The number of hydrogen-bond acceptors (Lipinski definition) is 4. The molecule has 3 amide bonds. The molecule has 0 spiro atoms. The van der Waals surface area contributed by atoms with Crippen molar-refractivity contribution in [3.63, 3.8) is 0 Å². The van der Waals surface area contributed by atoms with Crippen LogP contribution in [-0.4, -0.2) is 41.6 Å². The summed E-state index contributed by atoms with van der Waals surface area (Å²) in [5.41, 5.74) is -1.16. The maximum Gasteiger partial charge on any atom is 0.323 e. The summed E-state index contributed by atoms with van der Waals surface area (Å²) < 4.78 is 0. The highest BCUT2D eigenvalue weighted by molar-refractivity contribution is 5.95. The van der Waals surface area contributed by atoms with Crippen LogP contribution >= 0.6 is 0 Å². The number of carbonyl (C=O) groups is 3. The van der Waals surface area contributed by atoms with E-state index in [1.807, 2.05) is 6.92 Å². The monoisotopic (exact) mass is 259 g/mol. The summed E-state index contributed by atoms with van der Waals surface area (Å²) in [5, 5.41) is 16.2. The molecule has 0 heterocycles. The molecule has 0 rings (SSSR count). The van der Waals surface area contributed by atoms with E-state index in [1.54, 1.807) is 6.92 Å². The lowest BCUT2D eigenvalue weighted by molar-refractivity contribution is -0.144. The van der Waals surface area contributed by atoms with Gasteiger partial charge in [0.05, 0.1) is 6.54 Å². The molecule has 7 nitrogen and oxygen atoms in total. The van der Waals surface area contributed by atoms with Crippen LogP contribution in [0.2, 0.25) is 0 Å². The van der Waals surface area contributed by atoms with Gasteiger partial charge in [-0.1, -0.05) is 13.3 Å². The number of carboxylic acids is 1. The largest absolute Gasteiger partial charge is 0.480 e. The number of urea groups is 1. The van der Waals surface area contributed by atoms with Gasteiger partial charge in [0.15, 0.2) is 0 Å². The Balaban J connectivity index is 4.24. The second-order valence-corrected chi connectivity index (χ2v) is 4.15. The zero-order chi connectivity index (χ0) is 14.2. The first-order chi connectivity index (χ1) is 8.35. The smallest absolute Gasteiger partial charge is 0.323 e. The Morgan fingerprint density at radius 1 is 1.22 bits per heavy atom. The van der Waals surface area contributed by atoms with Crippen molar-refractivity contribution in [2.45, 2.75) is 39.2 Å². The molecule has 0 fully saturated rings. The Labute approximate surface area is 106 Å². The third-order valence-corrected chi connectivity index (χ3v) is 2.45. The van der Waals surface area contributed by atoms with E-state index in [0.29, 0.717) is 19.4 Å². The zero-order valence-electron chi connectivity index (χ0n) is 11.0. The van der Waals surface area contributed by atoms with Crippen molar-refractivity contribution in [2.24, 2.45) is 0 Å². The molecule has 1 atom stereocenters. The highest BCUT2D eigenvalue weighted by atomic mass is 16.4.